The van der Waals surface area contributed by atoms with Crippen LogP contribution in [-0.2, 0) is 6.42 Å². The van der Waals surface area contributed by atoms with Crippen molar-refractivity contribution in [2.45, 2.75) is 46.1 Å². The fourth-order valence-corrected chi connectivity index (χ4v) is 3.69. The van der Waals surface area contributed by atoms with E-state index in [0.717, 1.165) is 6.42 Å². The van der Waals surface area contributed by atoms with Gasteiger partial charge in [0.1, 0.15) is 27.5 Å². The average molecular weight is 386 g/mol. The van der Waals surface area contributed by atoms with E-state index in [1.54, 1.807) is 13.0 Å². The Morgan fingerprint density at radius 2 is 1.89 bits per heavy atom. The van der Waals surface area contributed by atoms with Crippen LogP contribution in [0.25, 0.3) is 21.9 Å². The molecule has 3 heterocycles. The summed E-state index contributed by atoms with van der Waals surface area (Å²) in [5.74, 6) is 0.915. The number of rotatable bonds is 2. The summed E-state index contributed by atoms with van der Waals surface area (Å²) in [7, 11) is 0. The Balaban J connectivity index is 2.35. The number of ether oxygens (including phenoxy) is 1. The molecule has 1 radical (unpaired) electrons. The lowest BCUT2D eigenvalue weighted by molar-refractivity contribution is 0.158. The molecule has 0 unspecified atom stereocenters. The predicted molar refractivity (Wildman–Crippen MR) is 104 cm³/mol. The van der Waals surface area contributed by atoms with Crippen molar-refractivity contribution < 1.29 is 13.6 Å². The zero-order chi connectivity index (χ0) is 19.5. The number of hydrogen-bond donors (Lipinski definition) is 0. The molecule has 6 heteroatoms. The van der Waals surface area contributed by atoms with Crippen LogP contribution in [0.4, 0.5) is 0 Å². The number of benzene rings is 1. The van der Waals surface area contributed by atoms with Crippen LogP contribution >= 0.6 is 11.6 Å². The molecular formula is C21H18ClO5. The molecule has 0 spiro atoms. The molecule has 0 bridgehead atoms. The molecule has 1 aliphatic rings. The van der Waals surface area contributed by atoms with E-state index in [1.165, 1.54) is 6.07 Å². The minimum atomic E-state index is -0.677. The van der Waals surface area contributed by atoms with Crippen LogP contribution in [0.1, 0.15) is 44.1 Å². The highest BCUT2D eigenvalue weighted by atomic mass is 35.5. The van der Waals surface area contributed by atoms with Gasteiger partial charge in [0, 0.05) is 6.07 Å². The summed E-state index contributed by atoms with van der Waals surface area (Å²) in [6, 6.07) is 1.37. The van der Waals surface area contributed by atoms with Gasteiger partial charge in [0.2, 0.25) is 0 Å². The van der Waals surface area contributed by atoms with Gasteiger partial charge in [0.25, 0.3) is 0 Å². The van der Waals surface area contributed by atoms with E-state index in [9.17, 15) is 9.59 Å². The molecule has 2 aromatic heterocycles. The Morgan fingerprint density at radius 3 is 2.59 bits per heavy atom. The molecule has 4 rings (SSSR count). The highest BCUT2D eigenvalue weighted by molar-refractivity contribution is 6.32. The molecule has 0 saturated carbocycles. The van der Waals surface area contributed by atoms with E-state index in [0.29, 0.717) is 40.0 Å². The molecule has 0 aliphatic carbocycles. The Bertz CT molecular complexity index is 1240. The van der Waals surface area contributed by atoms with E-state index in [2.05, 4.69) is 6.08 Å². The van der Waals surface area contributed by atoms with E-state index in [-0.39, 0.29) is 21.4 Å². The first-order valence-corrected chi connectivity index (χ1v) is 9.17. The normalized spacial score (nSPS) is 15.1. The molecule has 27 heavy (non-hydrogen) atoms. The molecule has 0 N–H and O–H groups in total. The van der Waals surface area contributed by atoms with Crippen LogP contribution in [0.2, 0.25) is 5.02 Å². The van der Waals surface area contributed by atoms with Crippen LogP contribution in [0.5, 0.6) is 5.75 Å². The van der Waals surface area contributed by atoms with Crippen molar-refractivity contribution >= 4 is 33.5 Å². The van der Waals surface area contributed by atoms with Crippen LogP contribution in [-0.4, -0.2) is 5.60 Å². The van der Waals surface area contributed by atoms with Crippen molar-refractivity contribution in [3.05, 3.63) is 60.8 Å². The van der Waals surface area contributed by atoms with Gasteiger partial charge in [-0.1, -0.05) is 24.9 Å². The molecular weight excluding hydrogens is 368 g/mol. The quantitative estimate of drug-likeness (QED) is 0.472. The SMILES string of the molecule is CCCc1c(Cl)c(=O)oc2c1c1c(c3oc(C)cc(=O)c32)[C]=CC(C)(C)O1. The first kappa shape index (κ1) is 17.9. The van der Waals surface area contributed by atoms with E-state index in [1.807, 2.05) is 20.8 Å². The molecule has 0 fully saturated rings. The maximum Gasteiger partial charge on any atom is 0.355 e. The van der Waals surface area contributed by atoms with Crippen molar-refractivity contribution in [1.29, 1.82) is 0 Å². The summed E-state index contributed by atoms with van der Waals surface area (Å²) in [4.78, 5) is 25.1. The van der Waals surface area contributed by atoms with Gasteiger partial charge in [-0.2, -0.15) is 0 Å². The molecule has 1 aliphatic heterocycles. The molecule has 139 valence electrons. The summed E-state index contributed by atoms with van der Waals surface area (Å²) in [6.45, 7) is 7.46. The van der Waals surface area contributed by atoms with Gasteiger partial charge in [-0.25, -0.2) is 4.79 Å². The third kappa shape index (κ3) is 2.69. The van der Waals surface area contributed by atoms with Crippen molar-refractivity contribution in [2.24, 2.45) is 0 Å². The van der Waals surface area contributed by atoms with Crippen molar-refractivity contribution in [2.75, 3.05) is 0 Å². The van der Waals surface area contributed by atoms with Crippen LogP contribution in [0.15, 0.2) is 30.6 Å². The lowest BCUT2D eigenvalue weighted by Crippen LogP contribution is -2.28. The second-order valence-corrected chi connectivity index (χ2v) is 7.64. The summed E-state index contributed by atoms with van der Waals surface area (Å²) in [5.41, 5.74) is -0.00594. The summed E-state index contributed by atoms with van der Waals surface area (Å²) in [5, 5.41) is 0.747. The van der Waals surface area contributed by atoms with E-state index < -0.39 is 11.2 Å². The van der Waals surface area contributed by atoms with E-state index in [4.69, 9.17) is 25.2 Å². The van der Waals surface area contributed by atoms with Crippen LogP contribution < -0.4 is 15.8 Å². The topological polar surface area (TPSA) is 69.7 Å². The summed E-state index contributed by atoms with van der Waals surface area (Å²) >= 11 is 6.29. The van der Waals surface area contributed by atoms with E-state index >= 15 is 0 Å². The zero-order valence-electron chi connectivity index (χ0n) is 15.5. The van der Waals surface area contributed by atoms with Crippen molar-refractivity contribution in [3.8, 4) is 5.75 Å². The zero-order valence-corrected chi connectivity index (χ0v) is 16.2. The Hall–Kier alpha value is -2.53. The maximum atomic E-state index is 12.8. The van der Waals surface area contributed by atoms with Gasteiger partial charge in [-0.3, -0.25) is 4.79 Å². The van der Waals surface area contributed by atoms with Crippen LogP contribution in [0.3, 0.4) is 0 Å². The standard InChI is InChI=1S/C21H18ClO5/c1-5-6-11-14-18-12(7-8-21(3,4)27-18)17-15(13(23)9-10(2)25-17)19(14)26-20(24)16(11)22/h8-9H,5-6H2,1-4H3. The summed E-state index contributed by atoms with van der Waals surface area (Å²) in [6.07, 6.45) is 6.29. The second-order valence-electron chi connectivity index (χ2n) is 7.26. The number of aryl methyl sites for hydroxylation is 2. The fraction of sp³-hybridized carbons (Fsp3) is 0.333. The molecule has 0 atom stereocenters. The Kier molecular flexibility index (Phi) is 3.96. The first-order valence-electron chi connectivity index (χ1n) is 8.79. The molecule has 0 saturated heterocycles. The summed E-state index contributed by atoms with van der Waals surface area (Å²) < 4.78 is 17.5. The average Bonchev–Trinajstić information content (AvgIpc) is 2.57. The minimum absolute atomic E-state index is 0.0124. The molecule has 0 amide bonds. The third-order valence-electron chi connectivity index (χ3n) is 4.58. The Labute approximate surface area is 160 Å². The van der Waals surface area contributed by atoms with Gasteiger partial charge in [0.15, 0.2) is 16.6 Å². The van der Waals surface area contributed by atoms with Crippen molar-refractivity contribution in [1.82, 2.24) is 0 Å². The molecule has 1 aromatic carbocycles. The number of fused-ring (bicyclic) bond motifs is 6. The maximum absolute atomic E-state index is 12.8. The second kappa shape index (κ2) is 5.99. The first-order chi connectivity index (χ1) is 12.7. The monoisotopic (exact) mass is 385 g/mol. The van der Waals surface area contributed by atoms with Gasteiger partial charge in [-0.15, -0.1) is 0 Å². The van der Waals surface area contributed by atoms with Gasteiger partial charge in [0.05, 0.1) is 10.9 Å². The number of hydrogen-bond acceptors (Lipinski definition) is 5. The lowest BCUT2D eigenvalue weighted by atomic mass is 9.94. The third-order valence-corrected chi connectivity index (χ3v) is 4.96. The minimum Gasteiger partial charge on any atom is -0.482 e. The lowest BCUT2D eigenvalue weighted by Gasteiger charge is -2.29. The predicted octanol–water partition coefficient (Wildman–Crippen LogP) is 4.69. The highest BCUT2D eigenvalue weighted by Gasteiger charge is 2.31. The Morgan fingerprint density at radius 1 is 1.15 bits per heavy atom. The highest BCUT2D eigenvalue weighted by Crippen LogP contribution is 2.44. The van der Waals surface area contributed by atoms with Gasteiger partial charge < -0.3 is 13.6 Å². The largest absolute Gasteiger partial charge is 0.482 e. The van der Waals surface area contributed by atoms with Crippen molar-refractivity contribution in [3.63, 3.8) is 0 Å². The number of halogens is 1. The smallest absolute Gasteiger partial charge is 0.355 e. The van der Waals surface area contributed by atoms with Gasteiger partial charge >= 0.3 is 5.63 Å². The molecule has 5 nitrogen and oxygen atoms in total. The van der Waals surface area contributed by atoms with Gasteiger partial charge in [-0.05, 0) is 44.9 Å². The van der Waals surface area contributed by atoms with Crippen LogP contribution in [0, 0.1) is 13.0 Å². The molecule has 3 aromatic rings. The fourth-order valence-electron chi connectivity index (χ4n) is 3.46.